The van der Waals surface area contributed by atoms with Crippen LogP contribution in [0.25, 0.3) is 12.2 Å². The third kappa shape index (κ3) is 7.60. The number of hydrogen-bond acceptors (Lipinski definition) is 4. The van der Waals surface area contributed by atoms with Crippen molar-refractivity contribution in [3.8, 4) is 0 Å². The first-order valence-electron chi connectivity index (χ1n) is 16.6. The van der Waals surface area contributed by atoms with Gasteiger partial charge in [0.1, 0.15) is 0 Å². The molecule has 0 aromatic heterocycles. The summed E-state index contributed by atoms with van der Waals surface area (Å²) < 4.78 is 10.1. The minimum Gasteiger partial charge on any atom is -0.293 e. The number of hydrogen-bond donors (Lipinski definition) is 0. The molecule has 2 unspecified atom stereocenters. The smallest absolute Gasteiger partial charge is 0.154 e. The molecule has 7 heteroatoms. The molecule has 4 aromatic carbocycles. The van der Waals surface area contributed by atoms with E-state index in [1.807, 2.05) is 0 Å². The Labute approximate surface area is 285 Å². The SMILES string of the molecule is CCN(CC)P(N(CC)CC)N1c2ccccc2C=Cc2ccccc21.CN(C)Pc1cccc2c1CCc1ccccc1C2Cl. The molecule has 2 atom stereocenters. The van der Waals surface area contributed by atoms with Crippen LogP contribution in [0, 0.1) is 0 Å². The van der Waals surface area contributed by atoms with Gasteiger partial charge in [-0.15, -0.1) is 11.6 Å². The topological polar surface area (TPSA) is 13.0 Å². The third-order valence-electron chi connectivity index (χ3n) is 8.72. The Bertz CT molecular complexity index is 1550. The fourth-order valence-electron chi connectivity index (χ4n) is 6.43. The first kappa shape index (κ1) is 34.8. The number of alkyl halides is 1. The maximum absolute atomic E-state index is 6.78. The summed E-state index contributed by atoms with van der Waals surface area (Å²) in [6, 6.07) is 32.7. The van der Waals surface area contributed by atoms with Crippen molar-refractivity contribution in [2.24, 2.45) is 0 Å². The third-order valence-corrected chi connectivity index (χ3v) is 13.3. The van der Waals surface area contributed by atoms with Crippen molar-refractivity contribution >= 4 is 57.5 Å². The van der Waals surface area contributed by atoms with Gasteiger partial charge in [0.2, 0.25) is 0 Å². The Hall–Kier alpha value is -2.55. The van der Waals surface area contributed by atoms with Gasteiger partial charge in [-0.3, -0.25) is 18.7 Å². The average molecular weight is 671 g/mol. The van der Waals surface area contributed by atoms with Crippen molar-refractivity contribution in [3.05, 3.63) is 124 Å². The molecule has 242 valence electrons. The van der Waals surface area contributed by atoms with Crippen molar-refractivity contribution in [2.45, 2.75) is 45.9 Å². The highest BCUT2D eigenvalue weighted by Gasteiger charge is 2.33. The van der Waals surface area contributed by atoms with Gasteiger partial charge in [0.15, 0.2) is 8.37 Å². The lowest BCUT2D eigenvalue weighted by Crippen LogP contribution is -2.36. The summed E-state index contributed by atoms with van der Waals surface area (Å²) in [6.45, 7) is 13.3. The van der Waals surface area contributed by atoms with Crippen LogP contribution in [-0.2, 0) is 12.8 Å². The molecule has 0 amide bonds. The van der Waals surface area contributed by atoms with Gasteiger partial charge in [0, 0.05) is 26.2 Å². The molecule has 4 nitrogen and oxygen atoms in total. The highest BCUT2D eigenvalue weighted by molar-refractivity contribution is 7.55. The Morgan fingerprint density at radius 3 is 1.76 bits per heavy atom. The molecule has 1 heterocycles. The molecule has 0 bridgehead atoms. The minimum atomic E-state index is -0.636. The number of aryl methyl sites for hydroxylation is 1. The van der Waals surface area contributed by atoms with E-state index >= 15 is 0 Å². The zero-order chi connectivity index (χ0) is 32.6. The molecule has 0 fully saturated rings. The van der Waals surface area contributed by atoms with Gasteiger partial charge in [0.05, 0.1) is 16.8 Å². The van der Waals surface area contributed by atoms with Crippen LogP contribution in [0.15, 0.2) is 91.0 Å². The molecule has 0 saturated carbocycles. The predicted octanol–water partition coefficient (Wildman–Crippen LogP) is 10.1. The molecular weight excluding hydrogens is 622 g/mol. The number of fused-ring (bicyclic) bond motifs is 4. The number of para-hydroxylation sites is 2. The molecule has 0 N–H and O–H groups in total. The van der Waals surface area contributed by atoms with Crippen LogP contribution in [-0.4, -0.2) is 54.3 Å². The van der Waals surface area contributed by atoms with Gasteiger partial charge in [0.25, 0.3) is 0 Å². The molecule has 0 spiro atoms. The molecule has 2 aliphatic rings. The second-order valence-electron chi connectivity index (χ2n) is 11.7. The van der Waals surface area contributed by atoms with Gasteiger partial charge >= 0.3 is 0 Å². The minimum absolute atomic E-state index is 0.0180. The number of halogens is 1. The summed E-state index contributed by atoms with van der Waals surface area (Å²) in [7, 11) is 4.32. The maximum atomic E-state index is 6.78. The fraction of sp³-hybridized carbons (Fsp3) is 0.333. The molecular formula is C39H49ClN4P2. The van der Waals surface area contributed by atoms with Gasteiger partial charge in [-0.25, -0.2) is 0 Å². The zero-order valence-corrected chi connectivity index (χ0v) is 30.9. The number of anilines is 2. The fourth-order valence-corrected chi connectivity index (χ4v) is 10.5. The van der Waals surface area contributed by atoms with Crippen LogP contribution in [0.4, 0.5) is 11.4 Å². The van der Waals surface area contributed by atoms with Crippen molar-refractivity contribution in [3.63, 3.8) is 0 Å². The van der Waals surface area contributed by atoms with E-state index in [-0.39, 0.29) is 5.38 Å². The van der Waals surface area contributed by atoms with Crippen LogP contribution < -0.4 is 9.97 Å². The molecule has 4 aromatic rings. The first-order valence-corrected chi connectivity index (χ1v) is 19.2. The molecule has 1 aliphatic heterocycles. The lowest BCUT2D eigenvalue weighted by Gasteiger charge is -2.45. The lowest BCUT2D eigenvalue weighted by molar-refractivity contribution is 0.422. The number of benzene rings is 4. The summed E-state index contributed by atoms with van der Waals surface area (Å²) in [5.41, 5.74) is 10.6. The Balaban J connectivity index is 0.000000187. The lowest BCUT2D eigenvalue weighted by atomic mass is 10.00. The van der Waals surface area contributed by atoms with Crippen LogP contribution in [0.2, 0.25) is 0 Å². The van der Waals surface area contributed by atoms with Crippen molar-refractivity contribution in [1.82, 2.24) is 14.0 Å². The standard InChI is InChI=1S/C22H30N3P.C17H19ClNP/c1-5-23(6-2)26(24(7-3)8-4)25-21-15-11-9-13-19(21)17-18-20-14-10-12-16-22(20)25;1-19(2)20-16-9-5-8-15-14(16)11-10-12-6-3-4-7-13(12)17(15)18/h9-18H,5-8H2,1-4H3;3-9,17,20H,10-11H2,1-2H3. The van der Waals surface area contributed by atoms with Gasteiger partial charge in [-0.05, 0) is 86.5 Å². The first-order chi connectivity index (χ1) is 22.4. The van der Waals surface area contributed by atoms with Crippen molar-refractivity contribution < 1.29 is 0 Å². The molecule has 6 rings (SSSR count). The highest BCUT2D eigenvalue weighted by Crippen LogP contribution is 2.56. The quantitative estimate of drug-likeness (QED) is 0.130. The second kappa shape index (κ2) is 16.5. The summed E-state index contributed by atoms with van der Waals surface area (Å²) in [4.78, 5) is 0. The monoisotopic (exact) mass is 670 g/mol. The number of rotatable bonds is 9. The molecule has 0 radical (unpaired) electrons. The van der Waals surface area contributed by atoms with E-state index < -0.39 is 8.37 Å². The Kier molecular flexibility index (Phi) is 12.5. The highest BCUT2D eigenvalue weighted by atomic mass is 35.5. The zero-order valence-electron chi connectivity index (χ0n) is 28.2. The van der Waals surface area contributed by atoms with Crippen LogP contribution in [0.5, 0.6) is 0 Å². The summed E-state index contributed by atoms with van der Waals surface area (Å²) >= 11 is 6.78. The average Bonchev–Trinajstić information content (AvgIpc) is 3.34. The molecule has 46 heavy (non-hydrogen) atoms. The predicted molar refractivity (Wildman–Crippen MR) is 206 cm³/mol. The summed E-state index contributed by atoms with van der Waals surface area (Å²) in [6.07, 6.45) is 6.69. The summed E-state index contributed by atoms with van der Waals surface area (Å²) in [5.74, 6) is 0. The van der Waals surface area contributed by atoms with E-state index in [1.54, 1.807) is 0 Å². The van der Waals surface area contributed by atoms with Crippen LogP contribution in [0.3, 0.4) is 0 Å². The molecule has 0 saturated heterocycles. The normalized spacial score (nSPS) is 15.4. The van der Waals surface area contributed by atoms with Crippen LogP contribution in [0.1, 0.15) is 66.5 Å². The summed E-state index contributed by atoms with van der Waals surface area (Å²) in [5, 5.41) is 1.42. The molecule has 1 aliphatic carbocycles. The van der Waals surface area contributed by atoms with Crippen molar-refractivity contribution in [2.75, 3.05) is 44.9 Å². The van der Waals surface area contributed by atoms with E-state index in [9.17, 15) is 0 Å². The van der Waals surface area contributed by atoms with E-state index in [1.165, 1.54) is 50.1 Å². The number of nitrogens with zero attached hydrogens (tertiary/aromatic N) is 4. The Morgan fingerprint density at radius 2 is 1.20 bits per heavy atom. The van der Waals surface area contributed by atoms with Crippen LogP contribution >= 0.6 is 28.7 Å². The van der Waals surface area contributed by atoms with E-state index in [4.69, 9.17) is 11.6 Å². The largest absolute Gasteiger partial charge is 0.293 e. The van der Waals surface area contributed by atoms with E-state index in [0.717, 1.165) is 39.0 Å². The maximum Gasteiger partial charge on any atom is 0.154 e. The Morgan fingerprint density at radius 1 is 0.674 bits per heavy atom. The van der Waals surface area contributed by atoms with E-state index in [2.05, 4.69) is 164 Å². The second-order valence-corrected chi connectivity index (χ2v) is 15.9. The van der Waals surface area contributed by atoms with Gasteiger partial charge in [-0.1, -0.05) is 119 Å². The van der Waals surface area contributed by atoms with Gasteiger partial charge in [-0.2, -0.15) is 0 Å². The van der Waals surface area contributed by atoms with Gasteiger partial charge < -0.3 is 0 Å². The van der Waals surface area contributed by atoms with E-state index in [0.29, 0.717) is 8.73 Å². The van der Waals surface area contributed by atoms with Crippen molar-refractivity contribution in [1.29, 1.82) is 0 Å².